The molecule has 2 heterocycles. The van der Waals surface area contributed by atoms with Crippen molar-refractivity contribution in [1.82, 2.24) is 25.0 Å². The van der Waals surface area contributed by atoms with Crippen molar-refractivity contribution >= 4 is 17.7 Å². The average molecular weight is 361 g/mol. The third kappa shape index (κ3) is 5.52. The molecule has 3 amide bonds. The zero-order valence-corrected chi connectivity index (χ0v) is 15.7. The van der Waals surface area contributed by atoms with E-state index in [0.29, 0.717) is 38.3 Å². The molecule has 2 rings (SSSR count). The first-order valence-electron chi connectivity index (χ1n) is 8.82. The molecule has 1 fully saturated rings. The predicted octanol–water partition coefficient (Wildman–Crippen LogP) is 0.0674. The van der Waals surface area contributed by atoms with Crippen LogP contribution in [0.2, 0.25) is 0 Å². The van der Waals surface area contributed by atoms with Gasteiger partial charge in [-0.3, -0.25) is 19.4 Å². The Labute approximate surface area is 154 Å². The first-order chi connectivity index (χ1) is 12.4. The number of nitrogens with zero attached hydrogens (tertiary/aromatic N) is 4. The molecule has 0 unspecified atom stereocenters. The molecule has 0 bridgehead atoms. The zero-order chi connectivity index (χ0) is 19.1. The third-order valence-corrected chi connectivity index (χ3v) is 4.32. The number of hydrogen-bond donors (Lipinski definition) is 1. The second-order valence-electron chi connectivity index (χ2n) is 6.64. The summed E-state index contributed by atoms with van der Waals surface area (Å²) in [5.41, 5.74) is 0.679. The van der Waals surface area contributed by atoms with Crippen LogP contribution in [0, 0.1) is 0 Å². The van der Waals surface area contributed by atoms with E-state index in [1.807, 2.05) is 14.1 Å². The van der Waals surface area contributed by atoms with Crippen molar-refractivity contribution < 1.29 is 14.4 Å². The topological polar surface area (TPSA) is 85.9 Å². The van der Waals surface area contributed by atoms with Gasteiger partial charge < -0.3 is 20.0 Å². The quantitative estimate of drug-likeness (QED) is 0.725. The van der Waals surface area contributed by atoms with Crippen molar-refractivity contribution in [3.05, 3.63) is 29.6 Å². The molecule has 26 heavy (non-hydrogen) atoms. The SMILES string of the molecule is CC(=O)N1CCN(C(=O)c2ccnc(C(=O)NCCCN(C)C)c2)CC1. The number of pyridine rings is 1. The van der Waals surface area contributed by atoms with Crippen LogP contribution in [0.25, 0.3) is 0 Å². The van der Waals surface area contributed by atoms with Crippen LogP contribution in [0.5, 0.6) is 0 Å². The lowest BCUT2D eigenvalue weighted by atomic mass is 10.1. The maximum Gasteiger partial charge on any atom is 0.269 e. The van der Waals surface area contributed by atoms with Gasteiger partial charge >= 0.3 is 0 Å². The van der Waals surface area contributed by atoms with Gasteiger partial charge in [0, 0.05) is 51.4 Å². The maximum absolute atomic E-state index is 12.6. The van der Waals surface area contributed by atoms with Crippen molar-refractivity contribution in [1.29, 1.82) is 0 Å². The summed E-state index contributed by atoms with van der Waals surface area (Å²) in [7, 11) is 3.96. The fourth-order valence-electron chi connectivity index (χ4n) is 2.78. The summed E-state index contributed by atoms with van der Waals surface area (Å²) < 4.78 is 0. The van der Waals surface area contributed by atoms with Crippen LogP contribution in [0.1, 0.15) is 34.2 Å². The highest BCUT2D eigenvalue weighted by Crippen LogP contribution is 2.10. The van der Waals surface area contributed by atoms with Gasteiger partial charge in [0.25, 0.3) is 11.8 Å². The fourth-order valence-corrected chi connectivity index (χ4v) is 2.78. The summed E-state index contributed by atoms with van der Waals surface area (Å²) in [5, 5.41) is 2.82. The number of carbonyl (C=O) groups excluding carboxylic acids is 3. The second-order valence-corrected chi connectivity index (χ2v) is 6.64. The Morgan fingerprint density at radius 2 is 1.81 bits per heavy atom. The van der Waals surface area contributed by atoms with Gasteiger partial charge in [0.05, 0.1) is 0 Å². The summed E-state index contributed by atoms with van der Waals surface area (Å²) in [6.07, 6.45) is 2.32. The molecule has 1 saturated heterocycles. The Bertz CT molecular complexity index is 654. The Hall–Kier alpha value is -2.48. The van der Waals surface area contributed by atoms with Gasteiger partial charge in [-0.15, -0.1) is 0 Å². The minimum Gasteiger partial charge on any atom is -0.351 e. The first kappa shape index (κ1) is 19.8. The molecular weight excluding hydrogens is 334 g/mol. The lowest BCUT2D eigenvalue weighted by Gasteiger charge is -2.34. The molecule has 0 spiro atoms. The number of aromatic nitrogens is 1. The molecule has 1 aromatic heterocycles. The van der Waals surface area contributed by atoms with Crippen LogP contribution in [-0.4, -0.2) is 90.8 Å². The van der Waals surface area contributed by atoms with Crippen LogP contribution < -0.4 is 5.32 Å². The van der Waals surface area contributed by atoms with Crippen molar-refractivity contribution in [2.24, 2.45) is 0 Å². The van der Waals surface area contributed by atoms with E-state index in [9.17, 15) is 14.4 Å². The zero-order valence-electron chi connectivity index (χ0n) is 15.7. The van der Waals surface area contributed by atoms with E-state index in [0.717, 1.165) is 13.0 Å². The summed E-state index contributed by atoms with van der Waals surface area (Å²) >= 11 is 0. The van der Waals surface area contributed by atoms with E-state index >= 15 is 0 Å². The van der Waals surface area contributed by atoms with Crippen molar-refractivity contribution in [2.75, 3.05) is 53.4 Å². The van der Waals surface area contributed by atoms with Gasteiger partial charge in [0.1, 0.15) is 5.69 Å². The molecule has 0 aromatic carbocycles. The van der Waals surface area contributed by atoms with E-state index in [1.165, 1.54) is 19.2 Å². The minimum absolute atomic E-state index is 0.0224. The second kappa shape index (κ2) is 9.28. The van der Waals surface area contributed by atoms with Crippen LogP contribution in [0.4, 0.5) is 0 Å². The summed E-state index contributed by atoms with van der Waals surface area (Å²) in [6, 6.07) is 3.14. The molecule has 0 atom stereocenters. The van der Waals surface area contributed by atoms with Gasteiger partial charge in [0.15, 0.2) is 0 Å². The number of piperazine rings is 1. The van der Waals surface area contributed by atoms with E-state index in [1.54, 1.807) is 15.9 Å². The lowest BCUT2D eigenvalue weighted by molar-refractivity contribution is -0.130. The third-order valence-electron chi connectivity index (χ3n) is 4.32. The Balaban J connectivity index is 1.92. The molecular formula is C18H27N5O3. The normalized spacial score (nSPS) is 14.5. The van der Waals surface area contributed by atoms with Crippen LogP contribution in [0.3, 0.4) is 0 Å². The van der Waals surface area contributed by atoms with Crippen molar-refractivity contribution in [2.45, 2.75) is 13.3 Å². The maximum atomic E-state index is 12.6. The Morgan fingerprint density at radius 1 is 1.15 bits per heavy atom. The summed E-state index contributed by atoms with van der Waals surface area (Å²) in [6.45, 7) is 5.03. The molecule has 0 radical (unpaired) electrons. The standard InChI is InChI=1S/C18H27N5O3/c1-14(24)22-9-11-23(12-10-22)18(26)15-5-7-19-16(13-15)17(25)20-6-4-8-21(2)3/h5,7,13H,4,6,8-12H2,1-3H3,(H,20,25). The highest BCUT2D eigenvalue weighted by atomic mass is 16.2. The van der Waals surface area contributed by atoms with Gasteiger partial charge in [-0.1, -0.05) is 0 Å². The Kier molecular flexibility index (Phi) is 7.08. The average Bonchev–Trinajstić information content (AvgIpc) is 2.64. The van der Waals surface area contributed by atoms with Gasteiger partial charge in [0.2, 0.25) is 5.91 Å². The monoisotopic (exact) mass is 361 g/mol. The molecule has 0 aliphatic carbocycles. The smallest absolute Gasteiger partial charge is 0.269 e. The predicted molar refractivity (Wildman–Crippen MR) is 97.9 cm³/mol. The van der Waals surface area contributed by atoms with Gasteiger partial charge in [-0.2, -0.15) is 0 Å². The molecule has 1 N–H and O–H groups in total. The van der Waals surface area contributed by atoms with Gasteiger partial charge in [-0.05, 0) is 39.2 Å². The van der Waals surface area contributed by atoms with Crippen molar-refractivity contribution in [3.8, 4) is 0 Å². The highest BCUT2D eigenvalue weighted by molar-refractivity contribution is 5.98. The molecule has 1 aromatic rings. The first-order valence-corrected chi connectivity index (χ1v) is 8.82. The van der Waals surface area contributed by atoms with Crippen molar-refractivity contribution in [3.63, 3.8) is 0 Å². The molecule has 8 heteroatoms. The summed E-state index contributed by atoms with van der Waals surface area (Å²) in [5.74, 6) is -0.397. The van der Waals surface area contributed by atoms with E-state index in [-0.39, 0.29) is 23.4 Å². The van der Waals surface area contributed by atoms with E-state index in [4.69, 9.17) is 0 Å². The lowest BCUT2D eigenvalue weighted by Crippen LogP contribution is -2.50. The number of carbonyl (C=O) groups is 3. The Morgan fingerprint density at radius 3 is 2.42 bits per heavy atom. The molecule has 1 aliphatic rings. The number of rotatable bonds is 6. The molecule has 1 aliphatic heterocycles. The van der Waals surface area contributed by atoms with E-state index in [2.05, 4.69) is 15.2 Å². The van der Waals surface area contributed by atoms with Crippen LogP contribution in [0.15, 0.2) is 18.3 Å². The molecule has 8 nitrogen and oxygen atoms in total. The van der Waals surface area contributed by atoms with E-state index < -0.39 is 0 Å². The number of nitrogens with one attached hydrogen (secondary N) is 1. The molecule has 0 saturated carbocycles. The minimum atomic E-state index is -0.278. The number of amides is 3. The van der Waals surface area contributed by atoms with Crippen LogP contribution in [-0.2, 0) is 4.79 Å². The fraction of sp³-hybridized carbons (Fsp3) is 0.556. The van der Waals surface area contributed by atoms with Gasteiger partial charge in [-0.25, -0.2) is 0 Å². The number of hydrogen-bond acceptors (Lipinski definition) is 5. The van der Waals surface area contributed by atoms with Crippen LogP contribution >= 0.6 is 0 Å². The largest absolute Gasteiger partial charge is 0.351 e. The highest BCUT2D eigenvalue weighted by Gasteiger charge is 2.23. The molecule has 142 valence electrons. The summed E-state index contributed by atoms with van der Waals surface area (Å²) in [4.78, 5) is 45.8.